The topological polar surface area (TPSA) is 26.3 Å². The molecule has 0 aliphatic carbocycles. The zero-order chi connectivity index (χ0) is 14.1. The van der Waals surface area contributed by atoms with Gasteiger partial charge in [-0.05, 0) is 67.6 Å². The third kappa shape index (κ3) is 2.34. The number of hydrogen-bond donors (Lipinski definition) is 0. The molecular formula is C18H18O2. The molecule has 0 aromatic heterocycles. The second-order valence-corrected chi connectivity index (χ2v) is 5.40. The summed E-state index contributed by atoms with van der Waals surface area (Å²) in [5.41, 5.74) is 5.01. The molecule has 2 aromatic carbocycles. The van der Waals surface area contributed by atoms with Gasteiger partial charge in [0.1, 0.15) is 5.75 Å². The zero-order valence-electron chi connectivity index (χ0n) is 11.9. The molecule has 0 fully saturated rings. The van der Waals surface area contributed by atoms with Gasteiger partial charge in [0.25, 0.3) is 0 Å². The van der Waals surface area contributed by atoms with Gasteiger partial charge in [-0.1, -0.05) is 12.1 Å². The fraction of sp³-hybridized carbons (Fsp3) is 0.278. The summed E-state index contributed by atoms with van der Waals surface area (Å²) in [6, 6.07) is 11.6. The lowest BCUT2D eigenvalue weighted by molar-refractivity contribution is 0.103. The third-order valence-electron chi connectivity index (χ3n) is 3.94. The molecule has 1 aliphatic rings. The van der Waals surface area contributed by atoms with Crippen LogP contribution in [0, 0.1) is 13.8 Å². The molecule has 20 heavy (non-hydrogen) atoms. The Morgan fingerprint density at radius 1 is 1.00 bits per heavy atom. The summed E-state index contributed by atoms with van der Waals surface area (Å²) in [5, 5.41) is 0. The lowest BCUT2D eigenvalue weighted by Crippen LogP contribution is -2.10. The molecule has 1 heterocycles. The van der Waals surface area contributed by atoms with E-state index < -0.39 is 0 Å². The molecular weight excluding hydrogens is 248 g/mol. The fourth-order valence-electron chi connectivity index (χ4n) is 2.55. The number of ether oxygens (including phenoxy) is 1. The van der Waals surface area contributed by atoms with Crippen molar-refractivity contribution in [1.29, 1.82) is 0 Å². The van der Waals surface area contributed by atoms with E-state index in [1.165, 1.54) is 5.56 Å². The van der Waals surface area contributed by atoms with Crippen LogP contribution in [0.5, 0.6) is 5.75 Å². The van der Waals surface area contributed by atoms with Gasteiger partial charge in [-0.15, -0.1) is 0 Å². The van der Waals surface area contributed by atoms with Gasteiger partial charge in [0.05, 0.1) is 6.61 Å². The minimum atomic E-state index is 0.0847. The Morgan fingerprint density at radius 3 is 2.55 bits per heavy atom. The molecule has 0 saturated carbocycles. The molecule has 2 nitrogen and oxygen atoms in total. The monoisotopic (exact) mass is 266 g/mol. The fourth-order valence-corrected chi connectivity index (χ4v) is 2.55. The second kappa shape index (κ2) is 5.12. The number of rotatable bonds is 2. The van der Waals surface area contributed by atoms with E-state index in [1.807, 2.05) is 43.3 Å². The summed E-state index contributed by atoms with van der Waals surface area (Å²) in [6.45, 7) is 4.87. The molecule has 0 amide bonds. The lowest BCUT2D eigenvalue weighted by Gasteiger charge is -2.17. The molecule has 0 spiro atoms. The van der Waals surface area contributed by atoms with Gasteiger partial charge in [-0.3, -0.25) is 4.79 Å². The van der Waals surface area contributed by atoms with Crippen molar-refractivity contribution in [2.24, 2.45) is 0 Å². The van der Waals surface area contributed by atoms with E-state index in [1.54, 1.807) is 0 Å². The second-order valence-electron chi connectivity index (χ2n) is 5.40. The molecule has 1 aliphatic heterocycles. The van der Waals surface area contributed by atoms with Crippen molar-refractivity contribution in [3.8, 4) is 5.75 Å². The van der Waals surface area contributed by atoms with Gasteiger partial charge in [-0.25, -0.2) is 0 Å². The Bertz CT molecular complexity index is 671. The number of carbonyl (C=O) groups excluding carboxylic acids is 1. The third-order valence-corrected chi connectivity index (χ3v) is 3.94. The number of carbonyl (C=O) groups is 1. The Hall–Kier alpha value is -2.09. The maximum atomic E-state index is 12.6. The molecule has 0 bridgehead atoms. The SMILES string of the molecule is Cc1ccc(C(=O)c2ccc3c(c2)CCCO3)cc1C. The summed E-state index contributed by atoms with van der Waals surface area (Å²) in [4.78, 5) is 12.6. The van der Waals surface area contributed by atoms with Crippen LogP contribution >= 0.6 is 0 Å². The highest BCUT2D eigenvalue weighted by Gasteiger charge is 2.15. The maximum Gasteiger partial charge on any atom is 0.193 e. The highest BCUT2D eigenvalue weighted by Crippen LogP contribution is 2.26. The summed E-state index contributed by atoms with van der Waals surface area (Å²) in [6.07, 6.45) is 2.01. The van der Waals surface area contributed by atoms with E-state index in [4.69, 9.17) is 4.74 Å². The minimum Gasteiger partial charge on any atom is -0.493 e. The van der Waals surface area contributed by atoms with E-state index in [9.17, 15) is 4.79 Å². The molecule has 2 heteroatoms. The number of benzene rings is 2. The van der Waals surface area contributed by atoms with Gasteiger partial charge in [0.15, 0.2) is 5.78 Å². The summed E-state index contributed by atoms with van der Waals surface area (Å²) < 4.78 is 5.59. The first-order valence-electron chi connectivity index (χ1n) is 7.03. The van der Waals surface area contributed by atoms with Crippen LogP contribution in [0.4, 0.5) is 0 Å². The standard InChI is InChI=1S/C18H18O2/c1-12-5-6-15(10-13(12)2)18(19)16-7-8-17-14(11-16)4-3-9-20-17/h5-8,10-11H,3-4,9H2,1-2H3. The molecule has 3 rings (SSSR count). The average Bonchev–Trinajstić information content (AvgIpc) is 2.49. The van der Waals surface area contributed by atoms with Crippen LogP contribution in [0.1, 0.15) is 39.0 Å². The van der Waals surface area contributed by atoms with E-state index in [0.717, 1.165) is 47.5 Å². The van der Waals surface area contributed by atoms with Gasteiger partial charge in [0.2, 0.25) is 0 Å². The highest BCUT2D eigenvalue weighted by atomic mass is 16.5. The van der Waals surface area contributed by atoms with E-state index >= 15 is 0 Å². The molecule has 0 atom stereocenters. The molecule has 2 aromatic rings. The van der Waals surface area contributed by atoms with Crippen molar-refractivity contribution in [2.75, 3.05) is 6.61 Å². The average molecular weight is 266 g/mol. The van der Waals surface area contributed by atoms with E-state index in [-0.39, 0.29) is 5.78 Å². The van der Waals surface area contributed by atoms with Crippen molar-refractivity contribution in [1.82, 2.24) is 0 Å². The number of aryl methyl sites for hydroxylation is 3. The Morgan fingerprint density at radius 2 is 1.75 bits per heavy atom. The van der Waals surface area contributed by atoms with Crippen LogP contribution in [-0.2, 0) is 6.42 Å². The largest absolute Gasteiger partial charge is 0.493 e. The van der Waals surface area contributed by atoms with Crippen molar-refractivity contribution in [2.45, 2.75) is 26.7 Å². The number of hydrogen-bond acceptors (Lipinski definition) is 2. The molecule has 102 valence electrons. The number of ketones is 1. The highest BCUT2D eigenvalue weighted by molar-refractivity contribution is 6.09. The Balaban J connectivity index is 1.95. The normalized spacial score (nSPS) is 13.5. The van der Waals surface area contributed by atoms with Crippen LogP contribution < -0.4 is 4.74 Å². The lowest BCUT2D eigenvalue weighted by atomic mass is 9.96. The minimum absolute atomic E-state index is 0.0847. The van der Waals surface area contributed by atoms with E-state index in [0.29, 0.717) is 0 Å². The summed E-state index contributed by atoms with van der Waals surface area (Å²) in [5.74, 6) is 1.01. The molecule has 0 unspecified atom stereocenters. The zero-order valence-corrected chi connectivity index (χ0v) is 11.9. The van der Waals surface area contributed by atoms with Gasteiger partial charge >= 0.3 is 0 Å². The Kier molecular flexibility index (Phi) is 3.31. The first-order chi connectivity index (χ1) is 9.65. The van der Waals surface area contributed by atoms with Crippen LogP contribution in [-0.4, -0.2) is 12.4 Å². The van der Waals surface area contributed by atoms with E-state index in [2.05, 4.69) is 6.92 Å². The van der Waals surface area contributed by atoms with Gasteiger partial charge in [0, 0.05) is 11.1 Å². The predicted molar refractivity (Wildman–Crippen MR) is 79.6 cm³/mol. The number of fused-ring (bicyclic) bond motifs is 1. The van der Waals surface area contributed by atoms with Crippen LogP contribution in [0.3, 0.4) is 0 Å². The summed E-state index contributed by atoms with van der Waals surface area (Å²) >= 11 is 0. The molecule has 0 radical (unpaired) electrons. The van der Waals surface area contributed by atoms with Crippen molar-refractivity contribution < 1.29 is 9.53 Å². The first kappa shape index (κ1) is 12.9. The van der Waals surface area contributed by atoms with Gasteiger partial charge < -0.3 is 4.74 Å². The van der Waals surface area contributed by atoms with Crippen molar-refractivity contribution in [3.63, 3.8) is 0 Å². The molecule has 0 N–H and O–H groups in total. The predicted octanol–water partition coefficient (Wildman–Crippen LogP) is 3.86. The van der Waals surface area contributed by atoms with Crippen molar-refractivity contribution in [3.05, 3.63) is 64.2 Å². The van der Waals surface area contributed by atoms with Crippen LogP contribution in [0.25, 0.3) is 0 Å². The quantitative estimate of drug-likeness (QED) is 0.771. The van der Waals surface area contributed by atoms with Gasteiger partial charge in [-0.2, -0.15) is 0 Å². The Labute approximate surface area is 119 Å². The summed E-state index contributed by atoms with van der Waals surface area (Å²) in [7, 11) is 0. The first-order valence-corrected chi connectivity index (χ1v) is 7.03. The van der Waals surface area contributed by atoms with Crippen molar-refractivity contribution >= 4 is 5.78 Å². The molecule has 0 saturated heterocycles. The maximum absolute atomic E-state index is 12.6. The van der Waals surface area contributed by atoms with Crippen LogP contribution in [0.2, 0.25) is 0 Å². The van der Waals surface area contributed by atoms with Crippen LogP contribution in [0.15, 0.2) is 36.4 Å². The smallest absolute Gasteiger partial charge is 0.193 e.